The van der Waals surface area contributed by atoms with Crippen molar-refractivity contribution in [3.05, 3.63) is 63.9 Å². The lowest BCUT2D eigenvalue weighted by molar-refractivity contribution is -0.120. The van der Waals surface area contributed by atoms with Crippen molar-refractivity contribution >= 4 is 28.1 Å². The highest BCUT2D eigenvalue weighted by Gasteiger charge is 2.05. The van der Waals surface area contributed by atoms with E-state index in [1.165, 1.54) is 12.1 Å². The van der Waals surface area contributed by atoms with Gasteiger partial charge in [-0.05, 0) is 71.2 Å². The van der Waals surface area contributed by atoms with Crippen LogP contribution in [0.2, 0.25) is 0 Å². The average Bonchev–Trinajstić information content (AvgIpc) is 2.52. The predicted molar refractivity (Wildman–Crippen MR) is 95.7 cm³/mol. The van der Waals surface area contributed by atoms with Crippen LogP contribution in [0.15, 0.2) is 52.0 Å². The number of carbonyl (C=O) groups excluding carboxylic acids is 1. The molecule has 0 heterocycles. The molecule has 2 aromatic carbocycles. The van der Waals surface area contributed by atoms with Crippen LogP contribution in [-0.2, 0) is 11.2 Å². The standard InChI is InChI=1S/C18H18BrFN2O2/c1-12(2)24-17-8-5-14(9-16(17)19)11-21-22-18(23)10-13-3-6-15(20)7-4-13/h3-9,11-12H,10H2,1-2H3,(H,22,23). The number of halogens is 2. The lowest BCUT2D eigenvalue weighted by Crippen LogP contribution is -2.19. The molecule has 0 saturated heterocycles. The fourth-order valence-electron chi connectivity index (χ4n) is 1.95. The quantitative estimate of drug-likeness (QED) is 0.594. The molecule has 0 aromatic heterocycles. The van der Waals surface area contributed by atoms with Gasteiger partial charge in [-0.25, -0.2) is 9.82 Å². The maximum absolute atomic E-state index is 12.8. The molecule has 0 spiro atoms. The minimum Gasteiger partial charge on any atom is -0.490 e. The van der Waals surface area contributed by atoms with Gasteiger partial charge >= 0.3 is 0 Å². The normalized spacial score (nSPS) is 11.0. The number of hydrazone groups is 1. The molecule has 0 radical (unpaired) electrons. The third kappa shape index (κ3) is 5.77. The zero-order valence-corrected chi connectivity index (χ0v) is 15.0. The highest BCUT2D eigenvalue weighted by Crippen LogP contribution is 2.26. The number of carbonyl (C=O) groups is 1. The topological polar surface area (TPSA) is 50.7 Å². The number of ether oxygens (including phenoxy) is 1. The Balaban J connectivity index is 1.90. The molecular formula is C18H18BrFN2O2. The third-order valence-corrected chi connectivity index (χ3v) is 3.62. The molecule has 0 bridgehead atoms. The van der Waals surface area contributed by atoms with E-state index in [9.17, 15) is 9.18 Å². The predicted octanol–water partition coefficient (Wildman–Crippen LogP) is 4.07. The summed E-state index contributed by atoms with van der Waals surface area (Å²) in [4.78, 5) is 11.8. The van der Waals surface area contributed by atoms with Crippen LogP contribution in [-0.4, -0.2) is 18.2 Å². The lowest BCUT2D eigenvalue weighted by atomic mass is 10.1. The van der Waals surface area contributed by atoms with Gasteiger partial charge in [-0.15, -0.1) is 0 Å². The molecule has 2 aromatic rings. The monoisotopic (exact) mass is 392 g/mol. The maximum Gasteiger partial charge on any atom is 0.244 e. The Morgan fingerprint density at radius 2 is 2.00 bits per heavy atom. The second-order valence-electron chi connectivity index (χ2n) is 5.45. The minimum absolute atomic E-state index is 0.0894. The van der Waals surface area contributed by atoms with Gasteiger partial charge in [0.2, 0.25) is 5.91 Å². The maximum atomic E-state index is 12.8. The highest BCUT2D eigenvalue weighted by molar-refractivity contribution is 9.10. The van der Waals surface area contributed by atoms with Gasteiger partial charge < -0.3 is 4.74 Å². The first-order chi connectivity index (χ1) is 11.4. The molecule has 0 saturated carbocycles. The van der Waals surface area contributed by atoms with E-state index in [0.717, 1.165) is 21.3 Å². The van der Waals surface area contributed by atoms with E-state index in [2.05, 4.69) is 26.5 Å². The van der Waals surface area contributed by atoms with E-state index in [1.54, 1.807) is 18.3 Å². The third-order valence-electron chi connectivity index (χ3n) is 3.00. The first-order valence-corrected chi connectivity index (χ1v) is 8.26. The van der Waals surface area contributed by atoms with E-state index in [-0.39, 0.29) is 24.2 Å². The molecule has 0 aliphatic rings. The van der Waals surface area contributed by atoms with Gasteiger partial charge in [0.25, 0.3) is 0 Å². The van der Waals surface area contributed by atoms with Crippen molar-refractivity contribution in [3.8, 4) is 5.75 Å². The second-order valence-corrected chi connectivity index (χ2v) is 6.31. The van der Waals surface area contributed by atoms with Crippen molar-refractivity contribution in [2.75, 3.05) is 0 Å². The van der Waals surface area contributed by atoms with Crippen LogP contribution in [0.5, 0.6) is 5.75 Å². The van der Waals surface area contributed by atoms with Gasteiger partial charge in [0.15, 0.2) is 0 Å². The largest absolute Gasteiger partial charge is 0.490 e. The van der Waals surface area contributed by atoms with Gasteiger partial charge in [0.1, 0.15) is 11.6 Å². The fourth-order valence-corrected chi connectivity index (χ4v) is 2.44. The molecule has 0 atom stereocenters. The Morgan fingerprint density at radius 3 is 2.62 bits per heavy atom. The van der Waals surface area contributed by atoms with Gasteiger partial charge in [-0.1, -0.05) is 12.1 Å². The highest BCUT2D eigenvalue weighted by atomic mass is 79.9. The van der Waals surface area contributed by atoms with Crippen LogP contribution in [0.25, 0.3) is 0 Å². The summed E-state index contributed by atoms with van der Waals surface area (Å²) in [7, 11) is 0. The Labute approximate surface area is 148 Å². The number of nitrogens with one attached hydrogen (secondary N) is 1. The molecule has 6 heteroatoms. The van der Waals surface area contributed by atoms with Crippen LogP contribution >= 0.6 is 15.9 Å². The Hall–Kier alpha value is -2.21. The number of benzene rings is 2. The van der Waals surface area contributed by atoms with Crippen molar-refractivity contribution in [1.82, 2.24) is 5.43 Å². The molecule has 24 heavy (non-hydrogen) atoms. The molecule has 0 aliphatic heterocycles. The van der Waals surface area contributed by atoms with Crippen LogP contribution in [0, 0.1) is 5.82 Å². The average molecular weight is 393 g/mol. The molecule has 4 nitrogen and oxygen atoms in total. The molecular weight excluding hydrogens is 375 g/mol. The van der Waals surface area contributed by atoms with E-state index < -0.39 is 0 Å². The smallest absolute Gasteiger partial charge is 0.244 e. The van der Waals surface area contributed by atoms with Crippen molar-refractivity contribution < 1.29 is 13.9 Å². The first-order valence-electron chi connectivity index (χ1n) is 7.46. The molecule has 2 rings (SSSR count). The SMILES string of the molecule is CC(C)Oc1ccc(C=NNC(=O)Cc2ccc(F)cc2)cc1Br. The number of rotatable bonds is 6. The Bertz CT molecular complexity index is 730. The van der Waals surface area contributed by atoms with Gasteiger partial charge in [-0.2, -0.15) is 5.10 Å². The van der Waals surface area contributed by atoms with E-state index in [0.29, 0.717) is 0 Å². The van der Waals surface area contributed by atoms with Crippen molar-refractivity contribution in [2.24, 2.45) is 5.10 Å². The summed E-state index contributed by atoms with van der Waals surface area (Å²) in [5, 5.41) is 3.93. The van der Waals surface area contributed by atoms with E-state index >= 15 is 0 Å². The Kier molecular flexibility index (Phi) is 6.49. The minimum atomic E-state index is -0.326. The van der Waals surface area contributed by atoms with Crippen molar-refractivity contribution in [2.45, 2.75) is 26.4 Å². The van der Waals surface area contributed by atoms with Crippen molar-refractivity contribution in [1.29, 1.82) is 0 Å². The number of hydrogen-bond acceptors (Lipinski definition) is 3. The fraction of sp³-hybridized carbons (Fsp3) is 0.222. The van der Waals surface area contributed by atoms with Crippen molar-refractivity contribution in [3.63, 3.8) is 0 Å². The molecule has 0 unspecified atom stereocenters. The summed E-state index contributed by atoms with van der Waals surface area (Å²) in [6.45, 7) is 3.91. The molecule has 126 valence electrons. The molecule has 0 aliphatic carbocycles. The van der Waals surface area contributed by atoms with Crippen LogP contribution in [0.1, 0.15) is 25.0 Å². The summed E-state index contributed by atoms with van der Waals surface area (Å²) in [6.07, 6.45) is 1.78. The second kappa shape index (κ2) is 8.59. The number of hydrogen-bond donors (Lipinski definition) is 1. The zero-order valence-electron chi connectivity index (χ0n) is 13.4. The molecule has 1 N–H and O–H groups in total. The summed E-state index contributed by atoms with van der Waals surface area (Å²) in [5.74, 6) is 0.159. The summed E-state index contributed by atoms with van der Waals surface area (Å²) >= 11 is 3.44. The van der Waals surface area contributed by atoms with Gasteiger partial charge in [-0.3, -0.25) is 4.79 Å². The number of nitrogens with zero attached hydrogens (tertiary/aromatic N) is 1. The van der Waals surface area contributed by atoms with Crippen LogP contribution in [0.4, 0.5) is 4.39 Å². The lowest BCUT2D eigenvalue weighted by Gasteiger charge is -2.11. The summed E-state index contributed by atoms with van der Waals surface area (Å²) in [6, 6.07) is 11.3. The van der Waals surface area contributed by atoms with Gasteiger partial charge in [0, 0.05) is 0 Å². The molecule has 1 amide bonds. The Morgan fingerprint density at radius 1 is 1.29 bits per heavy atom. The van der Waals surface area contributed by atoms with E-state index in [1.807, 2.05) is 32.0 Å². The van der Waals surface area contributed by atoms with Gasteiger partial charge in [0.05, 0.1) is 23.2 Å². The zero-order chi connectivity index (χ0) is 17.5. The molecule has 0 fully saturated rings. The van der Waals surface area contributed by atoms with Crippen LogP contribution in [0.3, 0.4) is 0 Å². The van der Waals surface area contributed by atoms with Crippen LogP contribution < -0.4 is 10.2 Å². The number of amides is 1. The summed E-state index contributed by atoms with van der Waals surface area (Å²) in [5.41, 5.74) is 3.99. The summed E-state index contributed by atoms with van der Waals surface area (Å²) < 4.78 is 19.3. The first kappa shape index (κ1) is 18.1. The van der Waals surface area contributed by atoms with E-state index in [4.69, 9.17) is 4.74 Å².